The molecule has 0 aromatic rings. The largest absolute Gasteiger partial charge is 0.329 e. The highest BCUT2D eigenvalue weighted by Gasteiger charge is 2.04. The Morgan fingerprint density at radius 2 is 1.76 bits per heavy atom. The van der Waals surface area contributed by atoms with Crippen molar-refractivity contribution in [3.63, 3.8) is 0 Å². The molecular formula is C15H30N2. The first-order valence-electron chi connectivity index (χ1n) is 7.22. The second kappa shape index (κ2) is 13.5. The van der Waals surface area contributed by atoms with Crippen LogP contribution in [0.2, 0.25) is 0 Å². The first-order chi connectivity index (χ1) is 8.35. The molecular weight excluding hydrogens is 208 g/mol. The van der Waals surface area contributed by atoms with Crippen molar-refractivity contribution in [3.8, 4) is 12.3 Å². The van der Waals surface area contributed by atoms with Crippen LogP contribution in [0.5, 0.6) is 0 Å². The summed E-state index contributed by atoms with van der Waals surface area (Å²) < 4.78 is 0. The molecule has 0 heterocycles. The summed E-state index contributed by atoms with van der Waals surface area (Å²) in [5, 5.41) is 3.41. The van der Waals surface area contributed by atoms with E-state index >= 15 is 0 Å². The SMILES string of the molecule is C#CCCNC(CN)CCCCCCCCC. The molecule has 1 unspecified atom stereocenters. The topological polar surface area (TPSA) is 38.0 Å². The standard InChI is InChI=1S/C15H30N2/c1-3-5-7-8-9-10-11-12-15(14-16)17-13-6-4-2/h2,15,17H,3,5-14,16H2,1H3. The lowest BCUT2D eigenvalue weighted by atomic mass is 10.1. The Hall–Kier alpha value is -0.520. The van der Waals surface area contributed by atoms with Crippen LogP contribution in [0.25, 0.3) is 0 Å². The van der Waals surface area contributed by atoms with E-state index in [-0.39, 0.29) is 0 Å². The van der Waals surface area contributed by atoms with Crippen LogP contribution in [-0.4, -0.2) is 19.1 Å². The van der Waals surface area contributed by atoms with Crippen LogP contribution < -0.4 is 11.1 Å². The second-order valence-electron chi connectivity index (χ2n) is 4.75. The molecule has 2 nitrogen and oxygen atoms in total. The van der Waals surface area contributed by atoms with Gasteiger partial charge in [0, 0.05) is 25.6 Å². The maximum Gasteiger partial charge on any atom is 0.0212 e. The summed E-state index contributed by atoms with van der Waals surface area (Å²) in [7, 11) is 0. The summed E-state index contributed by atoms with van der Waals surface area (Å²) in [4.78, 5) is 0. The van der Waals surface area contributed by atoms with Crippen LogP contribution in [0.3, 0.4) is 0 Å². The number of unbranched alkanes of at least 4 members (excludes halogenated alkanes) is 6. The molecule has 0 bridgehead atoms. The van der Waals surface area contributed by atoms with Crippen LogP contribution in [0.4, 0.5) is 0 Å². The van der Waals surface area contributed by atoms with Gasteiger partial charge in [0.2, 0.25) is 0 Å². The maximum atomic E-state index is 5.72. The highest BCUT2D eigenvalue weighted by molar-refractivity contribution is 4.84. The molecule has 2 heteroatoms. The van der Waals surface area contributed by atoms with Crippen molar-refractivity contribution >= 4 is 0 Å². The molecule has 0 aliphatic rings. The third-order valence-corrected chi connectivity index (χ3v) is 3.14. The van der Waals surface area contributed by atoms with Gasteiger partial charge >= 0.3 is 0 Å². The van der Waals surface area contributed by atoms with E-state index in [9.17, 15) is 0 Å². The predicted molar refractivity (Wildman–Crippen MR) is 76.9 cm³/mol. The molecule has 0 aliphatic heterocycles. The summed E-state index contributed by atoms with van der Waals surface area (Å²) in [6, 6.07) is 0.457. The van der Waals surface area contributed by atoms with E-state index in [4.69, 9.17) is 12.2 Å². The molecule has 0 aliphatic carbocycles. The third kappa shape index (κ3) is 11.7. The third-order valence-electron chi connectivity index (χ3n) is 3.14. The van der Waals surface area contributed by atoms with E-state index in [0.717, 1.165) is 19.5 Å². The quantitative estimate of drug-likeness (QED) is 0.405. The van der Waals surface area contributed by atoms with E-state index in [1.807, 2.05) is 0 Å². The molecule has 1 atom stereocenters. The van der Waals surface area contributed by atoms with E-state index in [1.54, 1.807) is 0 Å². The summed E-state index contributed by atoms with van der Waals surface area (Å²) in [6.07, 6.45) is 16.7. The van der Waals surface area contributed by atoms with Gasteiger partial charge in [-0.15, -0.1) is 12.3 Å². The Kier molecular flexibility index (Phi) is 13.1. The Morgan fingerprint density at radius 3 is 2.35 bits per heavy atom. The maximum absolute atomic E-state index is 5.72. The lowest BCUT2D eigenvalue weighted by Crippen LogP contribution is -2.36. The predicted octanol–water partition coefficient (Wildman–Crippen LogP) is 3.07. The summed E-state index contributed by atoms with van der Waals surface area (Å²) in [5.41, 5.74) is 5.72. The van der Waals surface area contributed by atoms with Gasteiger partial charge in [0.15, 0.2) is 0 Å². The molecule has 0 saturated heterocycles. The first kappa shape index (κ1) is 16.5. The van der Waals surface area contributed by atoms with Gasteiger partial charge in [-0.25, -0.2) is 0 Å². The molecule has 0 fully saturated rings. The Balaban J connectivity index is 3.28. The van der Waals surface area contributed by atoms with Crippen molar-refractivity contribution in [2.45, 2.75) is 70.8 Å². The van der Waals surface area contributed by atoms with Crippen molar-refractivity contribution in [1.82, 2.24) is 5.32 Å². The average molecular weight is 238 g/mol. The zero-order chi connectivity index (χ0) is 12.8. The molecule has 0 aromatic carbocycles. The van der Waals surface area contributed by atoms with Gasteiger partial charge < -0.3 is 11.1 Å². The zero-order valence-electron chi connectivity index (χ0n) is 11.5. The molecule has 17 heavy (non-hydrogen) atoms. The number of hydrogen-bond donors (Lipinski definition) is 2. The fourth-order valence-electron chi connectivity index (χ4n) is 2.00. The average Bonchev–Trinajstić information content (AvgIpc) is 2.35. The number of hydrogen-bond acceptors (Lipinski definition) is 2. The fraction of sp³-hybridized carbons (Fsp3) is 0.867. The van der Waals surface area contributed by atoms with Crippen molar-refractivity contribution < 1.29 is 0 Å². The normalized spacial score (nSPS) is 12.3. The minimum atomic E-state index is 0.457. The van der Waals surface area contributed by atoms with Gasteiger partial charge in [0.25, 0.3) is 0 Å². The van der Waals surface area contributed by atoms with Gasteiger partial charge in [-0.05, 0) is 6.42 Å². The summed E-state index contributed by atoms with van der Waals surface area (Å²) >= 11 is 0. The van der Waals surface area contributed by atoms with Crippen molar-refractivity contribution in [1.29, 1.82) is 0 Å². The Labute approximate surface area is 108 Å². The molecule has 0 aromatic heterocycles. The summed E-state index contributed by atoms with van der Waals surface area (Å²) in [5.74, 6) is 2.64. The van der Waals surface area contributed by atoms with E-state index < -0.39 is 0 Å². The monoisotopic (exact) mass is 238 g/mol. The van der Waals surface area contributed by atoms with Crippen molar-refractivity contribution in [2.24, 2.45) is 5.73 Å². The van der Waals surface area contributed by atoms with Gasteiger partial charge in [0.1, 0.15) is 0 Å². The molecule has 3 N–H and O–H groups in total. The van der Waals surface area contributed by atoms with Crippen molar-refractivity contribution in [2.75, 3.05) is 13.1 Å². The Morgan fingerprint density at radius 1 is 1.12 bits per heavy atom. The van der Waals surface area contributed by atoms with E-state index in [2.05, 4.69) is 18.2 Å². The molecule has 0 radical (unpaired) electrons. The minimum absolute atomic E-state index is 0.457. The van der Waals surface area contributed by atoms with Crippen LogP contribution in [0.15, 0.2) is 0 Å². The number of rotatable bonds is 12. The Bertz CT molecular complexity index is 184. The van der Waals surface area contributed by atoms with Crippen LogP contribution >= 0.6 is 0 Å². The zero-order valence-corrected chi connectivity index (χ0v) is 11.5. The van der Waals surface area contributed by atoms with Crippen LogP contribution in [0.1, 0.15) is 64.7 Å². The molecule has 0 spiro atoms. The van der Waals surface area contributed by atoms with Gasteiger partial charge in [0.05, 0.1) is 0 Å². The van der Waals surface area contributed by atoms with Gasteiger partial charge in [-0.2, -0.15) is 0 Å². The molecule has 0 amide bonds. The highest BCUT2D eigenvalue weighted by atomic mass is 14.9. The fourth-order valence-corrected chi connectivity index (χ4v) is 2.00. The summed E-state index contributed by atoms with van der Waals surface area (Å²) in [6.45, 7) is 3.88. The van der Waals surface area contributed by atoms with Crippen molar-refractivity contribution in [3.05, 3.63) is 0 Å². The second-order valence-corrected chi connectivity index (χ2v) is 4.75. The molecule has 0 saturated carbocycles. The number of nitrogens with two attached hydrogens (primary N) is 1. The first-order valence-corrected chi connectivity index (χ1v) is 7.22. The highest BCUT2D eigenvalue weighted by Crippen LogP contribution is 2.09. The lowest BCUT2D eigenvalue weighted by molar-refractivity contribution is 0.462. The van der Waals surface area contributed by atoms with Gasteiger partial charge in [-0.3, -0.25) is 0 Å². The van der Waals surface area contributed by atoms with Crippen LogP contribution in [0, 0.1) is 12.3 Å². The lowest BCUT2D eigenvalue weighted by Gasteiger charge is -2.15. The van der Waals surface area contributed by atoms with Crippen LogP contribution in [-0.2, 0) is 0 Å². The van der Waals surface area contributed by atoms with E-state index in [0.29, 0.717) is 6.04 Å². The minimum Gasteiger partial charge on any atom is -0.329 e. The van der Waals surface area contributed by atoms with Gasteiger partial charge in [-0.1, -0.05) is 51.9 Å². The number of nitrogens with one attached hydrogen (secondary N) is 1. The smallest absolute Gasteiger partial charge is 0.0212 e. The molecule has 0 rings (SSSR count). The molecule has 100 valence electrons. The van der Waals surface area contributed by atoms with E-state index in [1.165, 1.54) is 51.4 Å². The number of terminal acetylenes is 1.